The van der Waals surface area contributed by atoms with Crippen molar-refractivity contribution < 1.29 is 9.32 Å². The minimum Gasteiger partial charge on any atom is -0.361 e. The van der Waals surface area contributed by atoms with Gasteiger partial charge in [0.2, 0.25) is 5.91 Å². The first-order chi connectivity index (χ1) is 11.6. The Morgan fingerprint density at radius 1 is 1.25 bits per heavy atom. The van der Waals surface area contributed by atoms with Crippen molar-refractivity contribution in [2.45, 2.75) is 19.4 Å². The average Bonchev–Trinajstić information content (AvgIpc) is 3.22. The number of carbonyl (C=O) groups is 1. The molecule has 2 aromatic rings. The van der Waals surface area contributed by atoms with Crippen LogP contribution in [0.15, 0.2) is 40.9 Å². The molecule has 5 nitrogen and oxygen atoms in total. The first-order valence-electron chi connectivity index (χ1n) is 8.57. The molecule has 3 atom stereocenters. The molecular weight excluding hydrogens is 302 g/mol. The van der Waals surface area contributed by atoms with Gasteiger partial charge in [0.05, 0.1) is 12.1 Å². The van der Waals surface area contributed by atoms with E-state index in [0.29, 0.717) is 30.1 Å². The lowest BCUT2D eigenvalue weighted by atomic mass is 9.90. The fourth-order valence-corrected chi connectivity index (χ4v) is 4.37. The molecule has 0 bridgehead atoms. The normalized spacial score (nSPS) is 26.8. The molecule has 24 heavy (non-hydrogen) atoms. The number of hydrogen-bond acceptors (Lipinski definition) is 4. The minimum atomic E-state index is 0.148. The second-order valence-corrected chi connectivity index (χ2v) is 7.13. The molecule has 5 heteroatoms. The lowest BCUT2D eigenvalue weighted by Crippen LogP contribution is -2.34. The Kier molecular flexibility index (Phi) is 3.88. The molecule has 0 radical (unpaired) electrons. The molecule has 1 amide bonds. The lowest BCUT2D eigenvalue weighted by Gasteiger charge is -2.26. The first-order valence-corrected chi connectivity index (χ1v) is 8.57. The summed E-state index contributed by atoms with van der Waals surface area (Å²) in [6.07, 6.45) is 0.312. The maximum absolute atomic E-state index is 12.6. The lowest BCUT2D eigenvalue weighted by molar-refractivity contribution is -0.130. The number of fused-ring (bicyclic) bond motifs is 1. The van der Waals surface area contributed by atoms with Crippen LogP contribution in [-0.2, 0) is 11.2 Å². The highest BCUT2D eigenvalue weighted by Crippen LogP contribution is 2.44. The molecule has 2 fully saturated rings. The van der Waals surface area contributed by atoms with Gasteiger partial charge < -0.3 is 9.42 Å². The van der Waals surface area contributed by atoms with Crippen LogP contribution in [-0.4, -0.2) is 47.5 Å². The van der Waals surface area contributed by atoms with Gasteiger partial charge in [-0.2, -0.15) is 0 Å². The third-order valence-corrected chi connectivity index (χ3v) is 5.39. The monoisotopic (exact) mass is 325 g/mol. The number of hydrogen-bond donors (Lipinski definition) is 0. The van der Waals surface area contributed by atoms with Crippen molar-refractivity contribution in [3.63, 3.8) is 0 Å². The zero-order chi connectivity index (χ0) is 16.7. The van der Waals surface area contributed by atoms with Gasteiger partial charge in [0.15, 0.2) is 0 Å². The quantitative estimate of drug-likeness (QED) is 0.869. The summed E-state index contributed by atoms with van der Waals surface area (Å²) in [5.41, 5.74) is 2.18. The molecule has 3 heterocycles. The number of rotatable bonds is 3. The highest BCUT2D eigenvalue weighted by molar-refractivity contribution is 5.78. The van der Waals surface area contributed by atoms with E-state index >= 15 is 0 Å². The molecule has 0 saturated carbocycles. The third kappa shape index (κ3) is 2.73. The summed E-state index contributed by atoms with van der Waals surface area (Å²) in [6, 6.07) is 12.9. The topological polar surface area (TPSA) is 49.6 Å². The number of carbonyl (C=O) groups excluding carboxylic acids is 1. The number of benzene rings is 1. The van der Waals surface area contributed by atoms with Crippen LogP contribution in [0.25, 0.3) is 0 Å². The summed E-state index contributed by atoms with van der Waals surface area (Å²) in [7, 11) is 2.19. The Balaban J connectivity index is 1.47. The zero-order valence-corrected chi connectivity index (χ0v) is 14.2. The van der Waals surface area contributed by atoms with Gasteiger partial charge in [0, 0.05) is 37.7 Å². The van der Waals surface area contributed by atoms with Gasteiger partial charge in [-0.3, -0.25) is 9.69 Å². The number of aryl methyl sites for hydroxylation is 1. The van der Waals surface area contributed by atoms with Crippen LogP contribution in [0.4, 0.5) is 0 Å². The van der Waals surface area contributed by atoms with E-state index in [2.05, 4.69) is 47.4 Å². The number of amides is 1. The number of aromatic nitrogens is 1. The van der Waals surface area contributed by atoms with Gasteiger partial charge in [0.1, 0.15) is 5.76 Å². The second-order valence-electron chi connectivity index (χ2n) is 7.13. The summed E-state index contributed by atoms with van der Waals surface area (Å²) in [5.74, 6) is 1.87. The smallest absolute Gasteiger partial charge is 0.230 e. The summed E-state index contributed by atoms with van der Waals surface area (Å²) in [6.45, 7) is 4.61. The molecule has 1 aromatic carbocycles. The molecule has 2 aliphatic heterocycles. The molecule has 4 rings (SSSR count). The molecule has 0 aliphatic carbocycles. The van der Waals surface area contributed by atoms with Crippen LogP contribution >= 0.6 is 0 Å². The van der Waals surface area contributed by atoms with Crippen molar-refractivity contribution in [2.24, 2.45) is 11.8 Å². The SMILES string of the molecule is Cc1cc(CC(=O)N2C[C@@H]3CN(C)[C@@H](c4ccccc4)[C@@H]3C2)on1. The fraction of sp³-hybridized carbons (Fsp3) is 0.474. The second kappa shape index (κ2) is 6.06. The maximum atomic E-state index is 12.6. The van der Waals surface area contributed by atoms with E-state index in [1.54, 1.807) is 0 Å². The molecule has 0 spiro atoms. The van der Waals surface area contributed by atoms with Crippen molar-refractivity contribution in [1.82, 2.24) is 15.0 Å². The molecule has 2 saturated heterocycles. The van der Waals surface area contributed by atoms with Crippen LogP contribution in [0.5, 0.6) is 0 Å². The molecule has 2 aliphatic rings. The van der Waals surface area contributed by atoms with E-state index in [-0.39, 0.29) is 5.91 Å². The fourth-order valence-electron chi connectivity index (χ4n) is 4.37. The van der Waals surface area contributed by atoms with E-state index in [1.165, 1.54) is 5.56 Å². The molecule has 1 aromatic heterocycles. The highest BCUT2D eigenvalue weighted by atomic mass is 16.5. The van der Waals surface area contributed by atoms with Crippen LogP contribution < -0.4 is 0 Å². The standard InChI is InChI=1S/C19H23N3O2/c1-13-8-16(24-20-13)9-18(23)22-11-15-10-21(2)19(17(15)12-22)14-6-4-3-5-7-14/h3-8,15,17,19H,9-12H2,1-2H3/t15-,17+,19-/m0/s1. The van der Waals surface area contributed by atoms with E-state index in [0.717, 1.165) is 25.3 Å². The predicted octanol–water partition coefficient (Wildman–Crippen LogP) is 2.29. The minimum absolute atomic E-state index is 0.148. The van der Waals surface area contributed by atoms with Crippen LogP contribution in [0.3, 0.4) is 0 Å². The van der Waals surface area contributed by atoms with Crippen LogP contribution in [0, 0.1) is 18.8 Å². The van der Waals surface area contributed by atoms with Gasteiger partial charge in [0.25, 0.3) is 0 Å². The Labute approximate surface area is 142 Å². The van der Waals surface area contributed by atoms with Gasteiger partial charge in [-0.1, -0.05) is 35.5 Å². The predicted molar refractivity (Wildman–Crippen MR) is 90.3 cm³/mol. The average molecular weight is 325 g/mol. The van der Waals surface area contributed by atoms with Gasteiger partial charge >= 0.3 is 0 Å². The summed E-state index contributed by atoms with van der Waals surface area (Å²) < 4.78 is 5.19. The van der Waals surface area contributed by atoms with Crippen molar-refractivity contribution in [1.29, 1.82) is 0 Å². The molecule has 0 N–H and O–H groups in total. The van der Waals surface area contributed by atoms with Gasteiger partial charge in [-0.15, -0.1) is 0 Å². The van der Waals surface area contributed by atoms with Crippen molar-refractivity contribution in [3.8, 4) is 0 Å². The Morgan fingerprint density at radius 3 is 2.75 bits per heavy atom. The van der Waals surface area contributed by atoms with E-state index in [9.17, 15) is 4.79 Å². The number of likely N-dealkylation sites (tertiary alicyclic amines) is 2. The van der Waals surface area contributed by atoms with E-state index in [1.807, 2.05) is 17.9 Å². The first kappa shape index (κ1) is 15.4. The zero-order valence-electron chi connectivity index (χ0n) is 14.2. The van der Waals surface area contributed by atoms with Gasteiger partial charge in [-0.05, 0) is 25.5 Å². The molecule has 126 valence electrons. The van der Waals surface area contributed by atoms with E-state index in [4.69, 9.17) is 4.52 Å². The highest BCUT2D eigenvalue weighted by Gasteiger charge is 2.47. The van der Waals surface area contributed by atoms with Crippen LogP contribution in [0.2, 0.25) is 0 Å². The summed E-state index contributed by atoms with van der Waals surface area (Å²) >= 11 is 0. The maximum Gasteiger partial charge on any atom is 0.230 e. The summed E-state index contributed by atoms with van der Waals surface area (Å²) in [5, 5.41) is 3.86. The molecular formula is C19H23N3O2. The largest absolute Gasteiger partial charge is 0.361 e. The van der Waals surface area contributed by atoms with Crippen LogP contribution in [0.1, 0.15) is 23.1 Å². The number of nitrogens with zero attached hydrogens (tertiary/aromatic N) is 3. The van der Waals surface area contributed by atoms with Crippen molar-refractivity contribution in [3.05, 3.63) is 53.4 Å². The van der Waals surface area contributed by atoms with Gasteiger partial charge in [-0.25, -0.2) is 0 Å². The van der Waals surface area contributed by atoms with Crippen molar-refractivity contribution in [2.75, 3.05) is 26.7 Å². The third-order valence-electron chi connectivity index (χ3n) is 5.39. The van der Waals surface area contributed by atoms with Crippen molar-refractivity contribution >= 4 is 5.91 Å². The Morgan fingerprint density at radius 2 is 2.04 bits per heavy atom. The Hall–Kier alpha value is -2.14. The summed E-state index contributed by atoms with van der Waals surface area (Å²) in [4.78, 5) is 17.1. The Bertz CT molecular complexity index is 727. The molecule has 0 unspecified atom stereocenters. The van der Waals surface area contributed by atoms with E-state index < -0.39 is 0 Å².